The minimum Gasteiger partial charge on any atom is -0.465 e. The number of methoxy groups -OCH3 is 1. The first-order valence-corrected chi connectivity index (χ1v) is 6.40. The maximum absolute atomic E-state index is 11.2. The standard InChI is InChI=1S/C12H19N3O5/c1-7-3-10-9(5-15(7)12(17)18)11(20-14-10)13-4-8(16)6-19-2/h7-8,13,16H,3-6H2,1-2H3,(H,17,18). The number of aliphatic hydroxyl groups is 1. The number of anilines is 1. The fourth-order valence-corrected chi connectivity index (χ4v) is 2.24. The van der Waals surface area contributed by atoms with Gasteiger partial charge in [0.15, 0.2) is 0 Å². The van der Waals surface area contributed by atoms with E-state index in [9.17, 15) is 9.90 Å². The van der Waals surface area contributed by atoms with Crippen molar-refractivity contribution in [1.82, 2.24) is 10.1 Å². The third-order valence-corrected chi connectivity index (χ3v) is 3.32. The number of hydrogen-bond acceptors (Lipinski definition) is 6. The van der Waals surface area contributed by atoms with Gasteiger partial charge in [0, 0.05) is 26.1 Å². The summed E-state index contributed by atoms with van der Waals surface area (Å²) in [4.78, 5) is 12.5. The number of amides is 1. The number of aliphatic hydroxyl groups excluding tert-OH is 1. The summed E-state index contributed by atoms with van der Waals surface area (Å²) in [5.41, 5.74) is 1.49. The van der Waals surface area contributed by atoms with E-state index in [1.165, 1.54) is 12.0 Å². The second-order valence-corrected chi connectivity index (χ2v) is 4.89. The largest absolute Gasteiger partial charge is 0.465 e. The van der Waals surface area contributed by atoms with E-state index in [2.05, 4.69) is 10.5 Å². The van der Waals surface area contributed by atoms with Crippen LogP contribution >= 0.6 is 0 Å². The normalized spacial score (nSPS) is 19.6. The second kappa shape index (κ2) is 6.10. The van der Waals surface area contributed by atoms with Gasteiger partial charge in [-0.1, -0.05) is 5.16 Å². The summed E-state index contributed by atoms with van der Waals surface area (Å²) in [6.07, 6.45) is -1.11. The summed E-state index contributed by atoms with van der Waals surface area (Å²) in [5.74, 6) is 0.410. The van der Waals surface area contributed by atoms with Gasteiger partial charge < -0.3 is 29.7 Å². The Morgan fingerprint density at radius 2 is 2.45 bits per heavy atom. The first-order chi connectivity index (χ1) is 9.52. The molecule has 0 fully saturated rings. The number of aromatic nitrogens is 1. The Bertz CT molecular complexity index is 476. The van der Waals surface area contributed by atoms with Crippen molar-refractivity contribution >= 4 is 12.0 Å². The molecule has 2 unspecified atom stereocenters. The maximum Gasteiger partial charge on any atom is 0.407 e. The number of fused-ring (bicyclic) bond motifs is 1. The van der Waals surface area contributed by atoms with Crippen LogP contribution in [0, 0.1) is 0 Å². The van der Waals surface area contributed by atoms with E-state index in [0.29, 0.717) is 12.3 Å². The minimum atomic E-state index is -0.963. The van der Waals surface area contributed by atoms with Crippen LogP contribution < -0.4 is 5.32 Å². The quantitative estimate of drug-likeness (QED) is 0.723. The molecule has 2 atom stereocenters. The third-order valence-electron chi connectivity index (χ3n) is 3.32. The highest BCUT2D eigenvalue weighted by molar-refractivity contribution is 5.66. The zero-order chi connectivity index (χ0) is 14.7. The maximum atomic E-state index is 11.2. The van der Waals surface area contributed by atoms with Crippen LogP contribution in [-0.4, -0.2) is 58.8 Å². The first kappa shape index (κ1) is 14.6. The van der Waals surface area contributed by atoms with Crippen molar-refractivity contribution in [2.45, 2.75) is 32.0 Å². The Labute approximate surface area is 116 Å². The van der Waals surface area contributed by atoms with Gasteiger partial charge >= 0.3 is 6.09 Å². The average Bonchev–Trinajstić information content (AvgIpc) is 2.77. The lowest BCUT2D eigenvalue weighted by molar-refractivity contribution is 0.0724. The number of ether oxygens (including phenoxy) is 1. The van der Waals surface area contributed by atoms with E-state index in [0.717, 1.165) is 11.3 Å². The van der Waals surface area contributed by atoms with Gasteiger partial charge in [0.1, 0.15) is 0 Å². The molecule has 0 bridgehead atoms. The van der Waals surface area contributed by atoms with Crippen molar-refractivity contribution in [3.63, 3.8) is 0 Å². The summed E-state index contributed by atoms with van der Waals surface area (Å²) < 4.78 is 10.0. The Hall–Kier alpha value is -1.80. The smallest absolute Gasteiger partial charge is 0.407 e. The highest BCUT2D eigenvalue weighted by atomic mass is 16.5. The monoisotopic (exact) mass is 285 g/mol. The highest BCUT2D eigenvalue weighted by Crippen LogP contribution is 2.28. The van der Waals surface area contributed by atoms with Crippen molar-refractivity contribution in [3.05, 3.63) is 11.3 Å². The van der Waals surface area contributed by atoms with Crippen LogP contribution in [-0.2, 0) is 17.7 Å². The van der Waals surface area contributed by atoms with Crippen LogP contribution in [0.2, 0.25) is 0 Å². The Morgan fingerprint density at radius 1 is 1.70 bits per heavy atom. The lowest BCUT2D eigenvalue weighted by Crippen LogP contribution is -2.41. The van der Waals surface area contributed by atoms with E-state index < -0.39 is 12.2 Å². The molecule has 0 spiro atoms. The molecule has 0 aromatic carbocycles. The number of carboxylic acid groups (broad SMARTS) is 1. The molecule has 0 radical (unpaired) electrons. The first-order valence-electron chi connectivity index (χ1n) is 6.40. The van der Waals surface area contributed by atoms with Gasteiger partial charge in [-0.05, 0) is 6.92 Å². The van der Waals surface area contributed by atoms with Gasteiger partial charge in [-0.3, -0.25) is 0 Å². The number of rotatable bonds is 5. The van der Waals surface area contributed by atoms with Gasteiger partial charge in [0.2, 0.25) is 5.88 Å². The molecule has 1 aliphatic heterocycles. The molecule has 0 saturated carbocycles. The van der Waals surface area contributed by atoms with Crippen LogP contribution in [0.1, 0.15) is 18.2 Å². The fraction of sp³-hybridized carbons (Fsp3) is 0.667. The van der Waals surface area contributed by atoms with Gasteiger partial charge in [-0.2, -0.15) is 0 Å². The minimum absolute atomic E-state index is 0.128. The zero-order valence-corrected chi connectivity index (χ0v) is 11.5. The number of nitrogens with zero attached hydrogens (tertiary/aromatic N) is 2. The summed E-state index contributed by atoms with van der Waals surface area (Å²) in [5, 5.41) is 25.6. The highest BCUT2D eigenvalue weighted by Gasteiger charge is 2.31. The topological polar surface area (TPSA) is 108 Å². The van der Waals surface area contributed by atoms with Crippen molar-refractivity contribution in [3.8, 4) is 0 Å². The fourth-order valence-electron chi connectivity index (χ4n) is 2.24. The predicted molar refractivity (Wildman–Crippen MR) is 69.6 cm³/mol. The van der Waals surface area contributed by atoms with Gasteiger partial charge in [0.05, 0.1) is 30.5 Å². The average molecular weight is 285 g/mol. The Morgan fingerprint density at radius 3 is 3.10 bits per heavy atom. The summed E-state index contributed by atoms with van der Waals surface area (Å²) in [6, 6.07) is -0.128. The number of nitrogens with one attached hydrogen (secondary N) is 1. The van der Waals surface area contributed by atoms with Crippen molar-refractivity contribution in [1.29, 1.82) is 0 Å². The van der Waals surface area contributed by atoms with Crippen LogP contribution in [0.15, 0.2) is 4.52 Å². The van der Waals surface area contributed by atoms with Gasteiger partial charge in [-0.25, -0.2) is 4.79 Å². The van der Waals surface area contributed by atoms with E-state index in [1.54, 1.807) is 0 Å². The summed E-state index contributed by atoms with van der Waals surface area (Å²) in [6.45, 7) is 2.53. The second-order valence-electron chi connectivity index (χ2n) is 4.89. The van der Waals surface area contributed by atoms with E-state index in [1.807, 2.05) is 6.92 Å². The van der Waals surface area contributed by atoms with Crippen LogP contribution in [0.3, 0.4) is 0 Å². The Kier molecular flexibility index (Phi) is 4.46. The third kappa shape index (κ3) is 3.02. The molecule has 1 aliphatic rings. The molecule has 112 valence electrons. The molecule has 20 heavy (non-hydrogen) atoms. The molecule has 1 amide bonds. The Balaban J connectivity index is 2.06. The molecule has 2 rings (SSSR count). The molecular formula is C12H19N3O5. The lowest BCUT2D eigenvalue weighted by atomic mass is 10.0. The molecule has 1 aromatic rings. The van der Waals surface area contributed by atoms with Crippen molar-refractivity contribution < 1.29 is 24.3 Å². The predicted octanol–water partition coefficient (Wildman–Crippen LogP) is 0.518. The molecule has 3 N–H and O–H groups in total. The molecule has 0 aliphatic carbocycles. The summed E-state index contributed by atoms with van der Waals surface area (Å²) in [7, 11) is 1.51. The molecular weight excluding hydrogens is 266 g/mol. The molecule has 2 heterocycles. The molecule has 0 saturated heterocycles. The SMILES string of the molecule is COCC(O)CNc1onc2c1CN(C(=O)O)C(C)C2. The number of carbonyl (C=O) groups is 1. The van der Waals surface area contributed by atoms with Crippen LogP contribution in [0.5, 0.6) is 0 Å². The van der Waals surface area contributed by atoms with Crippen LogP contribution in [0.25, 0.3) is 0 Å². The van der Waals surface area contributed by atoms with Gasteiger partial charge in [0.25, 0.3) is 0 Å². The molecule has 1 aromatic heterocycles. The van der Waals surface area contributed by atoms with Crippen molar-refractivity contribution in [2.75, 3.05) is 25.6 Å². The van der Waals surface area contributed by atoms with E-state index in [-0.39, 0.29) is 25.7 Å². The molecule has 8 heteroatoms. The van der Waals surface area contributed by atoms with Gasteiger partial charge in [-0.15, -0.1) is 0 Å². The van der Waals surface area contributed by atoms with E-state index >= 15 is 0 Å². The lowest BCUT2D eigenvalue weighted by Gasteiger charge is -2.30. The zero-order valence-electron chi connectivity index (χ0n) is 11.5. The van der Waals surface area contributed by atoms with E-state index in [4.69, 9.17) is 14.4 Å². The summed E-state index contributed by atoms with van der Waals surface area (Å²) >= 11 is 0. The van der Waals surface area contributed by atoms with Crippen LogP contribution in [0.4, 0.5) is 10.7 Å². The molecule has 8 nitrogen and oxygen atoms in total. The van der Waals surface area contributed by atoms with Crippen molar-refractivity contribution in [2.24, 2.45) is 0 Å². The number of hydrogen-bond donors (Lipinski definition) is 3.